The Morgan fingerprint density at radius 2 is 1.71 bits per heavy atom. The molecule has 0 unspecified atom stereocenters. The topological polar surface area (TPSA) is 147 Å². The summed E-state index contributed by atoms with van der Waals surface area (Å²) in [5, 5.41) is 24.6. The molecule has 2 aliphatic rings. The molecule has 1 aliphatic heterocycles. The lowest BCUT2D eigenvalue weighted by atomic mass is 9.83. The summed E-state index contributed by atoms with van der Waals surface area (Å²) in [6.45, 7) is 2.84. The van der Waals surface area contributed by atoms with Gasteiger partial charge >= 0.3 is 0 Å². The number of hydrogen-bond acceptors (Lipinski definition) is 8. The summed E-state index contributed by atoms with van der Waals surface area (Å²) in [5.41, 5.74) is 0.781. The normalized spacial score (nSPS) is 22.5. The predicted octanol–water partition coefficient (Wildman–Crippen LogP) is 0.147. The summed E-state index contributed by atoms with van der Waals surface area (Å²) in [6, 6.07) is 1.68. The fraction of sp³-hybridized carbons (Fsp3) is 0.640. The molecule has 0 spiro atoms. The number of aliphatic hydroxyl groups excluding tert-OH is 2. The molecule has 1 fully saturated rings. The van der Waals surface area contributed by atoms with Gasteiger partial charge in [-0.1, -0.05) is 13.8 Å². The maximum absolute atomic E-state index is 13.0. The minimum absolute atomic E-state index is 0.0823. The molecule has 4 atom stereocenters. The van der Waals surface area contributed by atoms with Crippen LogP contribution in [-0.2, 0) is 32.0 Å². The van der Waals surface area contributed by atoms with Crippen molar-refractivity contribution >= 4 is 17.6 Å². The maximum atomic E-state index is 13.0. The van der Waals surface area contributed by atoms with Crippen molar-refractivity contribution < 1.29 is 38.8 Å². The van der Waals surface area contributed by atoms with E-state index >= 15 is 0 Å². The van der Waals surface area contributed by atoms with Crippen LogP contribution in [-0.4, -0.2) is 79.5 Å². The molecular weight excluding hydrogens is 456 g/mol. The molecular formula is C25H36N2O8. The Bertz CT molecular complexity index is 944. The molecule has 1 aromatic carbocycles. The first-order valence-electron chi connectivity index (χ1n) is 11.9. The van der Waals surface area contributed by atoms with Gasteiger partial charge in [0.15, 0.2) is 22.9 Å². The van der Waals surface area contributed by atoms with Crippen LogP contribution in [0.3, 0.4) is 0 Å². The van der Waals surface area contributed by atoms with Gasteiger partial charge in [0.2, 0.25) is 11.8 Å². The van der Waals surface area contributed by atoms with Crippen molar-refractivity contribution in [3.8, 4) is 11.5 Å². The second-order valence-electron chi connectivity index (χ2n) is 9.66. The monoisotopic (exact) mass is 492 g/mol. The average Bonchev–Trinajstić information content (AvgIpc) is 3.65. The predicted molar refractivity (Wildman–Crippen MR) is 126 cm³/mol. The van der Waals surface area contributed by atoms with Gasteiger partial charge in [0.1, 0.15) is 6.04 Å². The van der Waals surface area contributed by atoms with Crippen molar-refractivity contribution in [2.75, 3.05) is 34.0 Å². The second kappa shape index (κ2) is 11.4. The molecule has 1 saturated heterocycles. The van der Waals surface area contributed by atoms with E-state index in [0.29, 0.717) is 37.2 Å². The Morgan fingerprint density at radius 1 is 1.09 bits per heavy atom. The van der Waals surface area contributed by atoms with Gasteiger partial charge in [0.25, 0.3) is 0 Å². The van der Waals surface area contributed by atoms with Crippen molar-refractivity contribution in [1.29, 1.82) is 0 Å². The Hall–Kier alpha value is -2.69. The van der Waals surface area contributed by atoms with E-state index in [4.69, 9.17) is 14.2 Å². The van der Waals surface area contributed by atoms with Crippen LogP contribution in [0.2, 0.25) is 0 Å². The number of ketones is 1. The zero-order chi connectivity index (χ0) is 25.8. The molecule has 4 N–H and O–H groups in total. The van der Waals surface area contributed by atoms with Crippen molar-refractivity contribution in [2.24, 2.45) is 11.8 Å². The lowest BCUT2D eigenvalue weighted by Crippen LogP contribution is -2.56. The third kappa shape index (κ3) is 6.12. The van der Waals surface area contributed by atoms with Crippen molar-refractivity contribution in [2.45, 2.75) is 57.2 Å². The lowest BCUT2D eigenvalue weighted by Gasteiger charge is -2.28. The highest BCUT2D eigenvalue weighted by Gasteiger charge is 2.54. The summed E-state index contributed by atoms with van der Waals surface area (Å²) in [7, 11) is 3.13. The number of nitrogens with one attached hydrogen (secondary N) is 2. The van der Waals surface area contributed by atoms with Gasteiger partial charge < -0.3 is 35.1 Å². The molecule has 194 valence electrons. The molecule has 35 heavy (non-hydrogen) atoms. The molecule has 1 heterocycles. The first-order valence-corrected chi connectivity index (χ1v) is 11.9. The molecule has 1 aliphatic carbocycles. The van der Waals surface area contributed by atoms with Crippen LogP contribution in [0.4, 0.5) is 0 Å². The third-order valence-corrected chi connectivity index (χ3v) is 6.66. The number of benzene rings is 1. The highest BCUT2D eigenvalue weighted by Crippen LogP contribution is 2.35. The smallest absolute Gasteiger partial charge is 0.245 e. The number of methoxy groups -OCH3 is 2. The number of aliphatic hydroxyl groups is 2. The zero-order valence-corrected chi connectivity index (χ0v) is 20.8. The van der Waals surface area contributed by atoms with E-state index in [0.717, 1.165) is 11.1 Å². The summed E-state index contributed by atoms with van der Waals surface area (Å²) >= 11 is 0. The van der Waals surface area contributed by atoms with E-state index in [1.165, 1.54) is 0 Å². The summed E-state index contributed by atoms with van der Waals surface area (Å²) < 4.78 is 15.9. The van der Waals surface area contributed by atoms with Crippen LogP contribution in [0.15, 0.2) is 12.1 Å². The van der Waals surface area contributed by atoms with Crippen molar-refractivity contribution in [3.63, 3.8) is 0 Å². The Morgan fingerprint density at radius 3 is 2.23 bits per heavy atom. The van der Waals surface area contributed by atoms with Crippen LogP contribution in [0, 0.1) is 11.8 Å². The molecule has 10 heteroatoms. The van der Waals surface area contributed by atoms with E-state index in [9.17, 15) is 24.6 Å². The Labute approximate surface area is 205 Å². The van der Waals surface area contributed by atoms with Gasteiger partial charge in [-0.2, -0.15) is 0 Å². The molecule has 10 nitrogen and oxygen atoms in total. The lowest BCUT2D eigenvalue weighted by molar-refractivity contribution is -0.135. The summed E-state index contributed by atoms with van der Waals surface area (Å²) in [5.74, 6) is -0.484. The molecule has 0 radical (unpaired) electrons. The number of aryl methyl sites for hydroxylation is 1. The summed E-state index contributed by atoms with van der Waals surface area (Å²) in [4.78, 5) is 38.8. The van der Waals surface area contributed by atoms with E-state index in [1.54, 1.807) is 14.2 Å². The first kappa shape index (κ1) is 26.9. The minimum Gasteiger partial charge on any atom is -0.493 e. The molecule has 3 rings (SSSR count). The van der Waals surface area contributed by atoms with Crippen LogP contribution in [0.1, 0.15) is 37.8 Å². The van der Waals surface area contributed by atoms with Crippen LogP contribution < -0.4 is 20.1 Å². The number of amides is 2. The number of carbonyl (C=O) groups is 3. The molecule has 2 amide bonds. The molecule has 1 aromatic rings. The van der Waals surface area contributed by atoms with Gasteiger partial charge in [0, 0.05) is 5.92 Å². The maximum Gasteiger partial charge on any atom is 0.245 e. The number of rotatable bonds is 12. The van der Waals surface area contributed by atoms with Gasteiger partial charge in [-0.15, -0.1) is 0 Å². The quantitative estimate of drug-likeness (QED) is 0.302. The van der Waals surface area contributed by atoms with E-state index in [-0.39, 0.29) is 24.3 Å². The standard InChI is InChI=1S/C25H36N2O8/c1-14(2)7-18(22(30)25(12-29)13-35-25)26-24(32)19(11-28)27-23(31)16-6-5-15-9-20(33-3)21(34-4)10-17(15)8-16/h9-10,14,16,18-19,28-29H,5-8,11-13H2,1-4H3,(H,26,32)(H,27,31)/t16-,18-,19-,25+/m0/s1. The second-order valence-corrected chi connectivity index (χ2v) is 9.66. The van der Waals surface area contributed by atoms with Crippen LogP contribution in [0.5, 0.6) is 11.5 Å². The van der Waals surface area contributed by atoms with E-state index < -0.39 is 42.6 Å². The Kier molecular flexibility index (Phi) is 8.74. The van der Waals surface area contributed by atoms with E-state index in [2.05, 4.69) is 10.6 Å². The average molecular weight is 493 g/mol. The number of ether oxygens (including phenoxy) is 3. The van der Waals surface area contributed by atoms with Gasteiger partial charge in [0.05, 0.1) is 40.1 Å². The number of epoxide rings is 1. The van der Waals surface area contributed by atoms with Crippen LogP contribution >= 0.6 is 0 Å². The fourth-order valence-electron chi connectivity index (χ4n) is 4.48. The van der Waals surface area contributed by atoms with Gasteiger partial charge in [-0.25, -0.2) is 0 Å². The van der Waals surface area contributed by atoms with E-state index in [1.807, 2.05) is 26.0 Å². The van der Waals surface area contributed by atoms with Gasteiger partial charge in [-0.05, 0) is 54.9 Å². The molecule has 0 bridgehead atoms. The highest BCUT2D eigenvalue weighted by molar-refractivity contribution is 5.98. The number of Topliss-reactive ketones (excluding diaryl/α,β-unsaturated/α-hetero) is 1. The SMILES string of the molecule is COc1cc2c(cc1OC)C[C@@H](C(=O)N[C@@H](CO)C(=O)N[C@@H](CC(C)C)C(=O)[C@@]1(CO)CO1)CC2. The zero-order valence-electron chi connectivity index (χ0n) is 20.8. The fourth-order valence-corrected chi connectivity index (χ4v) is 4.48. The largest absolute Gasteiger partial charge is 0.493 e. The number of hydrogen-bond donors (Lipinski definition) is 4. The van der Waals surface area contributed by atoms with Gasteiger partial charge in [-0.3, -0.25) is 14.4 Å². The van der Waals surface area contributed by atoms with Crippen molar-refractivity contribution in [1.82, 2.24) is 10.6 Å². The highest BCUT2D eigenvalue weighted by atomic mass is 16.6. The number of fused-ring (bicyclic) bond motifs is 1. The molecule has 0 saturated carbocycles. The first-order chi connectivity index (χ1) is 16.7. The third-order valence-electron chi connectivity index (χ3n) is 6.66. The summed E-state index contributed by atoms with van der Waals surface area (Å²) in [6.07, 6.45) is 2.05. The molecule has 0 aromatic heterocycles. The minimum atomic E-state index is -1.27. The van der Waals surface area contributed by atoms with Crippen molar-refractivity contribution in [3.05, 3.63) is 23.3 Å². The Balaban J connectivity index is 1.65. The number of carbonyl (C=O) groups excluding carboxylic acids is 3. The van der Waals surface area contributed by atoms with Crippen LogP contribution in [0.25, 0.3) is 0 Å².